The number of halogens is 1. The van der Waals surface area contributed by atoms with Gasteiger partial charge < -0.3 is 10.4 Å². The Morgan fingerprint density at radius 2 is 1.96 bits per heavy atom. The van der Waals surface area contributed by atoms with E-state index in [4.69, 9.17) is 0 Å². The molecule has 1 aliphatic heterocycles. The highest BCUT2D eigenvalue weighted by molar-refractivity contribution is 5.94. The topological polar surface area (TPSA) is 55.8 Å². The summed E-state index contributed by atoms with van der Waals surface area (Å²) in [6, 6.07) is 5.86. The molecule has 2 rings (SSSR count). The largest absolute Gasteiger partial charge is 0.395 e. The predicted molar refractivity (Wildman–Crippen MR) is 88.8 cm³/mol. The van der Waals surface area contributed by atoms with Crippen LogP contribution in [0.1, 0.15) is 20.3 Å². The molecule has 0 aliphatic carbocycles. The Hall–Kier alpha value is -1.50. The Morgan fingerprint density at radius 3 is 2.52 bits per heavy atom. The van der Waals surface area contributed by atoms with Gasteiger partial charge in [-0.1, -0.05) is 13.0 Å². The first-order valence-electron chi connectivity index (χ1n) is 8.20. The lowest BCUT2D eigenvalue weighted by Gasteiger charge is -2.40. The van der Waals surface area contributed by atoms with Gasteiger partial charge in [0.1, 0.15) is 5.82 Å². The van der Waals surface area contributed by atoms with Gasteiger partial charge in [0.05, 0.1) is 12.6 Å². The minimum absolute atomic E-state index is 0.127. The number of carbonyl (C=O) groups excluding carboxylic acids is 1. The molecule has 0 aromatic heterocycles. The molecular weight excluding hydrogens is 297 g/mol. The average Bonchev–Trinajstić information content (AvgIpc) is 2.56. The van der Waals surface area contributed by atoms with Crippen LogP contribution in [0.2, 0.25) is 0 Å². The Bertz CT molecular complexity index is 514. The van der Waals surface area contributed by atoms with E-state index >= 15 is 0 Å². The molecule has 1 aromatic rings. The molecule has 5 nitrogen and oxygen atoms in total. The summed E-state index contributed by atoms with van der Waals surface area (Å²) in [5.74, 6) is -0.489. The molecule has 1 saturated heterocycles. The number of piperazine rings is 1. The van der Waals surface area contributed by atoms with Gasteiger partial charge in [0.2, 0.25) is 5.91 Å². The Morgan fingerprint density at radius 1 is 1.30 bits per heavy atom. The lowest BCUT2D eigenvalue weighted by Crippen LogP contribution is -2.55. The molecule has 0 spiro atoms. The van der Waals surface area contributed by atoms with Gasteiger partial charge >= 0.3 is 0 Å². The summed E-state index contributed by atoms with van der Waals surface area (Å²) in [6.07, 6.45) is 0.923. The Balaban J connectivity index is 1.86. The fraction of sp³-hybridized carbons (Fsp3) is 0.588. The highest BCUT2D eigenvalue weighted by atomic mass is 19.1. The first kappa shape index (κ1) is 17.8. The summed E-state index contributed by atoms with van der Waals surface area (Å²) < 4.78 is 13.2. The second kappa shape index (κ2) is 8.38. The summed E-state index contributed by atoms with van der Waals surface area (Å²) in [4.78, 5) is 16.7. The quantitative estimate of drug-likeness (QED) is 0.834. The zero-order valence-electron chi connectivity index (χ0n) is 13.8. The summed E-state index contributed by atoms with van der Waals surface area (Å²) in [6.45, 7) is 7.37. The van der Waals surface area contributed by atoms with E-state index in [-0.39, 0.29) is 30.4 Å². The molecule has 1 fully saturated rings. The monoisotopic (exact) mass is 323 g/mol. The zero-order chi connectivity index (χ0) is 16.8. The van der Waals surface area contributed by atoms with Crippen LogP contribution >= 0.6 is 0 Å². The van der Waals surface area contributed by atoms with Crippen LogP contribution in [0.4, 0.5) is 10.1 Å². The van der Waals surface area contributed by atoms with Gasteiger partial charge in [-0.2, -0.15) is 0 Å². The normalized spacial score (nSPS) is 19.3. The number of nitrogens with one attached hydrogen (secondary N) is 1. The van der Waals surface area contributed by atoms with Crippen LogP contribution in [0.25, 0.3) is 0 Å². The van der Waals surface area contributed by atoms with E-state index in [1.807, 2.05) is 6.92 Å². The van der Waals surface area contributed by atoms with Crippen molar-refractivity contribution < 1.29 is 14.3 Å². The molecular formula is C17H26FN3O2. The van der Waals surface area contributed by atoms with Gasteiger partial charge in [-0.15, -0.1) is 0 Å². The molecule has 1 aromatic carbocycles. The molecule has 2 atom stereocenters. The van der Waals surface area contributed by atoms with Gasteiger partial charge in [0, 0.05) is 37.9 Å². The molecule has 0 bridgehead atoms. The van der Waals surface area contributed by atoms with Crippen LogP contribution in [-0.2, 0) is 4.79 Å². The number of carbonyl (C=O) groups is 1. The number of aliphatic hydroxyl groups excluding tert-OH is 1. The van der Waals surface area contributed by atoms with Crippen LogP contribution in [-0.4, -0.2) is 65.7 Å². The fourth-order valence-electron chi connectivity index (χ4n) is 2.97. The van der Waals surface area contributed by atoms with Crippen LogP contribution in [0.5, 0.6) is 0 Å². The highest BCUT2D eigenvalue weighted by Gasteiger charge is 2.27. The maximum absolute atomic E-state index is 13.2. The maximum Gasteiger partial charge on any atom is 0.241 e. The predicted octanol–water partition coefficient (Wildman–Crippen LogP) is 1.54. The molecule has 0 radical (unpaired) electrons. The van der Waals surface area contributed by atoms with Gasteiger partial charge in [0.25, 0.3) is 0 Å². The molecule has 6 heteroatoms. The second-order valence-corrected chi connectivity index (χ2v) is 5.99. The van der Waals surface area contributed by atoms with Crippen LogP contribution in [0.3, 0.4) is 0 Å². The lowest BCUT2D eigenvalue weighted by atomic mass is 10.1. The van der Waals surface area contributed by atoms with Crippen LogP contribution in [0, 0.1) is 5.82 Å². The SMILES string of the molecule is CCC(CO)N1CCN(C(C)C(=O)Nc2cccc(F)c2)CC1. The van der Waals surface area contributed by atoms with Crippen molar-refractivity contribution in [3.8, 4) is 0 Å². The molecule has 1 amide bonds. The Labute approximate surface area is 137 Å². The van der Waals surface area contributed by atoms with E-state index in [1.54, 1.807) is 12.1 Å². The van der Waals surface area contributed by atoms with Crippen molar-refractivity contribution in [3.63, 3.8) is 0 Å². The summed E-state index contributed by atoms with van der Waals surface area (Å²) in [5, 5.41) is 12.1. The van der Waals surface area contributed by atoms with Crippen molar-refractivity contribution in [1.82, 2.24) is 9.80 Å². The van der Waals surface area contributed by atoms with E-state index in [0.717, 1.165) is 32.6 Å². The van der Waals surface area contributed by atoms with E-state index in [0.29, 0.717) is 5.69 Å². The van der Waals surface area contributed by atoms with E-state index in [2.05, 4.69) is 22.0 Å². The average molecular weight is 323 g/mol. The first-order chi connectivity index (χ1) is 11.0. The highest BCUT2D eigenvalue weighted by Crippen LogP contribution is 2.14. The number of anilines is 1. The van der Waals surface area contributed by atoms with Gasteiger partial charge in [-0.3, -0.25) is 14.6 Å². The minimum Gasteiger partial charge on any atom is -0.395 e. The third-order valence-electron chi connectivity index (χ3n) is 4.57. The van der Waals surface area contributed by atoms with E-state index in [1.165, 1.54) is 12.1 Å². The molecule has 2 N–H and O–H groups in total. The Kier molecular flexibility index (Phi) is 6.50. The van der Waals surface area contributed by atoms with Crippen molar-refractivity contribution in [2.24, 2.45) is 0 Å². The number of benzene rings is 1. The number of hydrogen-bond acceptors (Lipinski definition) is 4. The molecule has 1 aliphatic rings. The summed E-state index contributed by atoms with van der Waals surface area (Å²) in [7, 11) is 0. The second-order valence-electron chi connectivity index (χ2n) is 5.99. The number of aliphatic hydroxyl groups is 1. The smallest absolute Gasteiger partial charge is 0.241 e. The third-order valence-corrected chi connectivity index (χ3v) is 4.57. The first-order valence-corrected chi connectivity index (χ1v) is 8.20. The summed E-state index contributed by atoms with van der Waals surface area (Å²) >= 11 is 0. The zero-order valence-corrected chi connectivity index (χ0v) is 13.8. The number of rotatable bonds is 6. The summed E-state index contributed by atoms with van der Waals surface area (Å²) in [5.41, 5.74) is 0.479. The van der Waals surface area contributed by atoms with Crippen molar-refractivity contribution in [1.29, 1.82) is 0 Å². The molecule has 1 heterocycles. The van der Waals surface area contributed by atoms with Crippen molar-refractivity contribution >= 4 is 11.6 Å². The standard InChI is InChI=1S/C17H26FN3O2/c1-3-16(12-22)21-9-7-20(8-10-21)13(2)17(23)19-15-6-4-5-14(18)11-15/h4-6,11,13,16,22H,3,7-10,12H2,1-2H3,(H,19,23). The van der Waals surface area contributed by atoms with E-state index in [9.17, 15) is 14.3 Å². The molecule has 128 valence electrons. The maximum atomic E-state index is 13.2. The van der Waals surface area contributed by atoms with Crippen LogP contribution < -0.4 is 5.32 Å². The van der Waals surface area contributed by atoms with E-state index < -0.39 is 0 Å². The fourth-order valence-corrected chi connectivity index (χ4v) is 2.97. The molecule has 2 unspecified atom stereocenters. The molecule has 0 saturated carbocycles. The number of nitrogens with zero attached hydrogens (tertiary/aromatic N) is 2. The van der Waals surface area contributed by atoms with Crippen molar-refractivity contribution in [3.05, 3.63) is 30.1 Å². The third kappa shape index (κ3) is 4.73. The minimum atomic E-state index is -0.362. The molecule has 23 heavy (non-hydrogen) atoms. The van der Waals surface area contributed by atoms with Crippen LogP contribution in [0.15, 0.2) is 24.3 Å². The van der Waals surface area contributed by atoms with Gasteiger partial charge in [-0.05, 0) is 31.5 Å². The lowest BCUT2D eigenvalue weighted by molar-refractivity contribution is -0.121. The number of amides is 1. The van der Waals surface area contributed by atoms with Gasteiger partial charge in [0.15, 0.2) is 0 Å². The van der Waals surface area contributed by atoms with Crippen molar-refractivity contribution in [2.75, 3.05) is 38.1 Å². The van der Waals surface area contributed by atoms with Crippen molar-refractivity contribution in [2.45, 2.75) is 32.4 Å². The number of hydrogen-bond donors (Lipinski definition) is 2. The van der Waals surface area contributed by atoms with Gasteiger partial charge in [-0.25, -0.2) is 4.39 Å².